The van der Waals surface area contributed by atoms with Crippen LogP contribution >= 0.6 is 0 Å². The van der Waals surface area contributed by atoms with E-state index < -0.39 is 11.7 Å². The Balaban J connectivity index is 1.67. The number of nitrogens with one attached hydrogen (secondary N) is 1. The first-order chi connectivity index (χ1) is 11.0. The van der Waals surface area contributed by atoms with Gasteiger partial charge in [0.2, 0.25) is 17.7 Å². The monoisotopic (exact) mass is 316 g/mol. The lowest BCUT2D eigenvalue weighted by molar-refractivity contribution is -0.142. The van der Waals surface area contributed by atoms with Gasteiger partial charge in [0.1, 0.15) is 12.4 Å². The van der Waals surface area contributed by atoms with Gasteiger partial charge in [0.05, 0.1) is 11.8 Å². The molecule has 23 heavy (non-hydrogen) atoms. The summed E-state index contributed by atoms with van der Waals surface area (Å²) in [5.41, 5.74) is 0.778. The fourth-order valence-electron chi connectivity index (χ4n) is 3.04. The summed E-state index contributed by atoms with van der Waals surface area (Å²) in [5.74, 6) is -2.23. The summed E-state index contributed by atoms with van der Waals surface area (Å²) >= 11 is 0. The molecule has 1 fully saturated rings. The molecule has 1 aliphatic carbocycles. The Hall–Kier alpha value is -2.50. The predicted octanol–water partition coefficient (Wildman–Crippen LogP) is 2.02. The van der Waals surface area contributed by atoms with Crippen molar-refractivity contribution >= 4 is 23.4 Å². The maximum atomic E-state index is 13.5. The van der Waals surface area contributed by atoms with E-state index in [1.807, 2.05) is 12.2 Å². The Kier molecular flexibility index (Phi) is 3.98. The fourth-order valence-corrected chi connectivity index (χ4v) is 3.04. The Bertz CT molecular complexity index is 688. The average Bonchev–Trinajstić information content (AvgIpc) is 2.76. The number of allylic oxidation sites excluding steroid dienone is 2. The number of rotatable bonds is 3. The first-order valence-electron chi connectivity index (χ1n) is 7.53. The van der Waals surface area contributed by atoms with Gasteiger partial charge in [-0.2, -0.15) is 0 Å². The van der Waals surface area contributed by atoms with Crippen molar-refractivity contribution in [2.75, 3.05) is 11.9 Å². The van der Waals surface area contributed by atoms with E-state index in [4.69, 9.17) is 0 Å². The lowest BCUT2D eigenvalue weighted by Gasteiger charge is -2.14. The first kappa shape index (κ1) is 15.4. The van der Waals surface area contributed by atoms with E-state index in [2.05, 4.69) is 5.32 Å². The van der Waals surface area contributed by atoms with Crippen LogP contribution in [0.1, 0.15) is 18.4 Å². The average molecular weight is 316 g/mol. The molecule has 2 aliphatic rings. The smallest absolute Gasteiger partial charge is 0.244 e. The lowest BCUT2D eigenvalue weighted by atomic mass is 9.85. The zero-order chi connectivity index (χ0) is 16.6. The van der Waals surface area contributed by atoms with Crippen molar-refractivity contribution in [1.29, 1.82) is 0 Å². The predicted molar refractivity (Wildman–Crippen MR) is 81.8 cm³/mol. The molecule has 1 aromatic carbocycles. The Morgan fingerprint density at radius 1 is 1.22 bits per heavy atom. The van der Waals surface area contributed by atoms with Gasteiger partial charge in [-0.1, -0.05) is 18.2 Å². The minimum atomic E-state index is -0.512. The maximum Gasteiger partial charge on any atom is 0.244 e. The van der Waals surface area contributed by atoms with Crippen LogP contribution in [0.15, 0.2) is 30.4 Å². The topological polar surface area (TPSA) is 66.5 Å². The molecule has 6 heteroatoms. The normalized spacial score (nSPS) is 23.1. The molecule has 3 amide bonds. The van der Waals surface area contributed by atoms with Gasteiger partial charge in [-0.15, -0.1) is 0 Å². The van der Waals surface area contributed by atoms with Crippen molar-refractivity contribution in [3.63, 3.8) is 0 Å². The van der Waals surface area contributed by atoms with Crippen molar-refractivity contribution in [3.05, 3.63) is 41.7 Å². The van der Waals surface area contributed by atoms with E-state index in [1.54, 1.807) is 19.1 Å². The van der Waals surface area contributed by atoms with Crippen LogP contribution in [0.2, 0.25) is 0 Å². The van der Waals surface area contributed by atoms with Crippen LogP contribution in [0.4, 0.5) is 10.1 Å². The molecular formula is C17H17FN2O3. The number of halogens is 1. The second kappa shape index (κ2) is 5.95. The van der Waals surface area contributed by atoms with E-state index in [9.17, 15) is 18.8 Å². The van der Waals surface area contributed by atoms with Crippen molar-refractivity contribution in [3.8, 4) is 0 Å². The summed E-state index contributed by atoms with van der Waals surface area (Å²) in [6.07, 6.45) is 4.86. The summed E-state index contributed by atoms with van der Waals surface area (Å²) in [4.78, 5) is 37.6. The Morgan fingerprint density at radius 3 is 2.39 bits per heavy atom. The summed E-state index contributed by atoms with van der Waals surface area (Å²) < 4.78 is 13.5. The van der Waals surface area contributed by atoms with Crippen LogP contribution in [0, 0.1) is 24.6 Å². The lowest BCUT2D eigenvalue weighted by Crippen LogP contribution is -2.38. The van der Waals surface area contributed by atoms with Gasteiger partial charge in [-0.3, -0.25) is 19.3 Å². The highest BCUT2D eigenvalue weighted by Crippen LogP contribution is 2.34. The number of fused-ring (bicyclic) bond motifs is 1. The third kappa shape index (κ3) is 2.88. The van der Waals surface area contributed by atoms with Gasteiger partial charge in [-0.05, 0) is 37.5 Å². The SMILES string of the molecule is Cc1ccc(NC(=O)CN2C(=O)[C@H]3CC=CC[C@H]3C2=O)cc1F. The fraction of sp³-hybridized carbons (Fsp3) is 0.353. The van der Waals surface area contributed by atoms with E-state index in [0.717, 1.165) is 4.90 Å². The second-order valence-corrected chi connectivity index (χ2v) is 5.93. The number of aryl methyl sites for hydroxylation is 1. The molecule has 0 aromatic heterocycles. The van der Waals surface area contributed by atoms with Gasteiger partial charge in [0.25, 0.3) is 0 Å². The number of carbonyl (C=O) groups is 3. The maximum absolute atomic E-state index is 13.5. The molecule has 120 valence electrons. The molecule has 0 saturated carbocycles. The van der Waals surface area contributed by atoms with Gasteiger partial charge in [-0.25, -0.2) is 4.39 Å². The molecule has 5 nitrogen and oxygen atoms in total. The summed E-state index contributed by atoms with van der Waals surface area (Å²) in [6, 6.07) is 4.34. The number of anilines is 1. The van der Waals surface area contributed by atoms with Crippen molar-refractivity contribution in [2.24, 2.45) is 11.8 Å². The minimum absolute atomic E-state index is 0.297. The standard InChI is InChI=1S/C17H17FN2O3/c1-10-6-7-11(8-14(10)18)19-15(21)9-20-16(22)12-4-2-3-5-13(12)17(20)23/h2-3,6-8,12-13H,4-5,9H2,1H3,(H,19,21)/t12-,13+. The number of hydrogen-bond acceptors (Lipinski definition) is 3. The molecule has 0 radical (unpaired) electrons. The molecule has 0 spiro atoms. The van der Waals surface area contributed by atoms with Crippen LogP contribution in [0.25, 0.3) is 0 Å². The third-order valence-corrected chi connectivity index (χ3v) is 4.36. The molecule has 1 heterocycles. The van der Waals surface area contributed by atoms with Gasteiger partial charge >= 0.3 is 0 Å². The van der Waals surface area contributed by atoms with E-state index in [1.165, 1.54) is 6.07 Å². The Morgan fingerprint density at radius 2 is 1.83 bits per heavy atom. The Labute approximate surface area is 133 Å². The number of nitrogens with zero attached hydrogens (tertiary/aromatic N) is 1. The molecule has 1 saturated heterocycles. The quantitative estimate of drug-likeness (QED) is 0.685. The van der Waals surface area contributed by atoms with Crippen LogP contribution in [0.3, 0.4) is 0 Å². The molecule has 2 atom stereocenters. The molecule has 1 N–H and O–H groups in total. The van der Waals surface area contributed by atoms with E-state index in [-0.39, 0.29) is 30.2 Å². The van der Waals surface area contributed by atoms with Crippen LogP contribution < -0.4 is 5.32 Å². The molecule has 3 rings (SSSR count). The zero-order valence-electron chi connectivity index (χ0n) is 12.7. The van der Waals surface area contributed by atoms with Crippen LogP contribution in [-0.2, 0) is 14.4 Å². The van der Waals surface area contributed by atoms with E-state index in [0.29, 0.717) is 24.1 Å². The number of hydrogen-bond donors (Lipinski definition) is 1. The molecule has 1 aliphatic heterocycles. The van der Waals surface area contributed by atoms with Gasteiger partial charge < -0.3 is 5.32 Å². The third-order valence-electron chi connectivity index (χ3n) is 4.36. The number of likely N-dealkylation sites (tertiary alicyclic amines) is 1. The summed E-state index contributed by atoms with van der Waals surface area (Å²) in [7, 11) is 0. The molecule has 0 unspecified atom stereocenters. The highest BCUT2D eigenvalue weighted by molar-refractivity contribution is 6.08. The molecule has 0 bridgehead atoms. The number of amides is 3. The zero-order valence-corrected chi connectivity index (χ0v) is 12.7. The van der Waals surface area contributed by atoms with Crippen molar-refractivity contribution < 1.29 is 18.8 Å². The van der Waals surface area contributed by atoms with Crippen LogP contribution in [-0.4, -0.2) is 29.2 Å². The van der Waals surface area contributed by atoms with Gasteiger partial charge in [0, 0.05) is 5.69 Å². The van der Waals surface area contributed by atoms with Gasteiger partial charge in [0.15, 0.2) is 0 Å². The number of imide groups is 1. The first-order valence-corrected chi connectivity index (χ1v) is 7.53. The highest BCUT2D eigenvalue weighted by Gasteiger charge is 2.47. The van der Waals surface area contributed by atoms with Crippen molar-refractivity contribution in [1.82, 2.24) is 4.90 Å². The molecule has 1 aromatic rings. The van der Waals surface area contributed by atoms with Crippen molar-refractivity contribution in [2.45, 2.75) is 19.8 Å². The number of benzene rings is 1. The number of carbonyl (C=O) groups excluding carboxylic acids is 3. The molecular weight excluding hydrogens is 299 g/mol. The second-order valence-electron chi connectivity index (χ2n) is 5.93. The van der Waals surface area contributed by atoms with E-state index >= 15 is 0 Å². The highest BCUT2D eigenvalue weighted by atomic mass is 19.1. The summed E-state index contributed by atoms with van der Waals surface area (Å²) in [5, 5.41) is 2.52. The minimum Gasteiger partial charge on any atom is -0.324 e. The summed E-state index contributed by atoms with van der Waals surface area (Å²) in [6.45, 7) is 1.29. The largest absolute Gasteiger partial charge is 0.324 e. The van der Waals surface area contributed by atoms with Crippen LogP contribution in [0.5, 0.6) is 0 Å².